The highest BCUT2D eigenvalue weighted by atomic mass is 16.5. The molecule has 0 aromatic heterocycles. The van der Waals surface area contributed by atoms with Gasteiger partial charge in [-0.2, -0.15) is 0 Å². The van der Waals surface area contributed by atoms with Crippen LogP contribution in [0, 0.1) is 5.92 Å². The van der Waals surface area contributed by atoms with Crippen molar-refractivity contribution in [2.24, 2.45) is 0 Å². The highest BCUT2D eigenvalue weighted by Crippen LogP contribution is 2.09. The first-order chi connectivity index (χ1) is 4.48. The molecule has 0 amide bonds. The molecular formula is C8H17O2. The summed E-state index contributed by atoms with van der Waals surface area (Å²) in [4.78, 5) is 0. The lowest BCUT2D eigenvalue weighted by Crippen LogP contribution is -2.30. The second-order valence-electron chi connectivity index (χ2n) is 3.41. The Morgan fingerprint density at radius 1 is 1.40 bits per heavy atom. The predicted octanol–water partition coefficient (Wildman–Crippen LogP) is 1.39. The van der Waals surface area contributed by atoms with Gasteiger partial charge in [0, 0.05) is 0 Å². The zero-order valence-electron chi connectivity index (χ0n) is 7.27. The highest BCUT2D eigenvalue weighted by molar-refractivity contribution is 4.78. The molecule has 0 spiro atoms. The van der Waals surface area contributed by atoms with Gasteiger partial charge in [-0.3, -0.25) is 0 Å². The summed E-state index contributed by atoms with van der Waals surface area (Å²) in [5, 5.41) is 8.77. The molecule has 0 rings (SSSR count). The Morgan fingerprint density at radius 3 is 2.20 bits per heavy atom. The van der Waals surface area contributed by atoms with Gasteiger partial charge < -0.3 is 9.84 Å². The molecule has 0 atom stereocenters. The lowest BCUT2D eigenvalue weighted by atomic mass is 10.1. The third-order valence-corrected chi connectivity index (χ3v) is 1.13. The molecular weight excluding hydrogens is 128 g/mol. The van der Waals surface area contributed by atoms with Crippen molar-refractivity contribution in [1.29, 1.82) is 0 Å². The molecule has 61 valence electrons. The number of hydrogen-bond donors (Lipinski definition) is 1. The molecule has 2 nitrogen and oxygen atoms in total. The number of aliphatic hydroxyl groups excluding tert-OH is 1. The Labute approximate surface area is 63.2 Å². The molecule has 1 radical (unpaired) electrons. The summed E-state index contributed by atoms with van der Waals surface area (Å²) in [6, 6.07) is 0. The van der Waals surface area contributed by atoms with Crippen LogP contribution in [0.25, 0.3) is 0 Å². The van der Waals surface area contributed by atoms with E-state index in [4.69, 9.17) is 9.84 Å². The zero-order valence-corrected chi connectivity index (χ0v) is 7.27. The van der Waals surface area contributed by atoms with Crippen molar-refractivity contribution < 1.29 is 9.84 Å². The largest absolute Gasteiger partial charge is 0.393 e. The first-order valence-electron chi connectivity index (χ1n) is 3.52. The van der Waals surface area contributed by atoms with Crippen LogP contribution in [-0.2, 0) is 4.74 Å². The van der Waals surface area contributed by atoms with Gasteiger partial charge in [-0.15, -0.1) is 0 Å². The lowest BCUT2D eigenvalue weighted by Gasteiger charge is -2.23. The van der Waals surface area contributed by atoms with Gasteiger partial charge in [0.15, 0.2) is 0 Å². The first-order valence-corrected chi connectivity index (χ1v) is 3.52. The maximum atomic E-state index is 8.77. The summed E-state index contributed by atoms with van der Waals surface area (Å²) in [6.45, 7) is 8.46. The van der Waals surface area contributed by atoms with Crippen LogP contribution in [0.15, 0.2) is 0 Å². The molecule has 0 fully saturated rings. The van der Waals surface area contributed by atoms with E-state index in [0.29, 0.717) is 6.61 Å². The Hall–Kier alpha value is -0.0800. The van der Waals surface area contributed by atoms with Gasteiger partial charge in [0.05, 0.1) is 18.8 Å². The minimum Gasteiger partial charge on any atom is -0.393 e. The molecule has 2 heteroatoms. The first kappa shape index (κ1) is 9.92. The van der Waals surface area contributed by atoms with Crippen molar-refractivity contribution in [3.63, 3.8) is 0 Å². The second kappa shape index (κ2) is 3.94. The van der Waals surface area contributed by atoms with Crippen LogP contribution in [0.1, 0.15) is 27.7 Å². The lowest BCUT2D eigenvalue weighted by molar-refractivity contribution is -0.0482. The standard InChI is InChI=1S/C8H17O2/c1-7(2)5-10-8(3,4)6-9/h9H,5-6H2,1-4H3. The van der Waals surface area contributed by atoms with E-state index in [9.17, 15) is 0 Å². The normalized spacial score (nSPS) is 12.6. The molecule has 0 aromatic rings. The van der Waals surface area contributed by atoms with Crippen LogP contribution in [0.2, 0.25) is 0 Å². The topological polar surface area (TPSA) is 29.5 Å². The number of hydrogen-bond acceptors (Lipinski definition) is 2. The minimum atomic E-state index is -0.392. The van der Waals surface area contributed by atoms with Gasteiger partial charge in [0.2, 0.25) is 0 Å². The van der Waals surface area contributed by atoms with Gasteiger partial charge >= 0.3 is 0 Å². The van der Waals surface area contributed by atoms with E-state index in [1.54, 1.807) is 0 Å². The Kier molecular flexibility index (Phi) is 3.91. The third-order valence-electron chi connectivity index (χ3n) is 1.13. The molecule has 0 aliphatic rings. The van der Waals surface area contributed by atoms with Crippen molar-refractivity contribution in [2.75, 3.05) is 13.2 Å². The van der Waals surface area contributed by atoms with E-state index in [1.807, 2.05) is 27.7 Å². The summed E-state index contributed by atoms with van der Waals surface area (Å²) in [7, 11) is 0. The van der Waals surface area contributed by atoms with Crippen molar-refractivity contribution >= 4 is 0 Å². The zero-order chi connectivity index (χ0) is 8.20. The van der Waals surface area contributed by atoms with Crippen LogP contribution >= 0.6 is 0 Å². The quantitative estimate of drug-likeness (QED) is 0.647. The van der Waals surface area contributed by atoms with Crippen molar-refractivity contribution in [3.05, 3.63) is 5.92 Å². The summed E-state index contributed by atoms with van der Waals surface area (Å²) >= 11 is 0. The predicted molar refractivity (Wildman–Crippen MR) is 41.7 cm³/mol. The molecule has 0 unspecified atom stereocenters. The van der Waals surface area contributed by atoms with Crippen molar-refractivity contribution in [1.82, 2.24) is 0 Å². The molecule has 0 bridgehead atoms. The number of rotatable bonds is 4. The van der Waals surface area contributed by atoms with Crippen LogP contribution in [0.5, 0.6) is 0 Å². The van der Waals surface area contributed by atoms with Crippen molar-refractivity contribution in [2.45, 2.75) is 33.3 Å². The second-order valence-corrected chi connectivity index (χ2v) is 3.41. The van der Waals surface area contributed by atoms with Gasteiger partial charge in [0.25, 0.3) is 0 Å². The molecule has 0 aliphatic carbocycles. The molecule has 10 heavy (non-hydrogen) atoms. The van der Waals surface area contributed by atoms with E-state index < -0.39 is 5.60 Å². The number of aliphatic hydroxyl groups is 1. The fraction of sp³-hybridized carbons (Fsp3) is 0.875. The molecule has 0 aliphatic heterocycles. The SMILES string of the molecule is C[C](C)COC(C)(C)CO. The summed E-state index contributed by atoms with van der Waals surface area (Å²) in [5.74, 6) is 1.22. The van der Waals surface area contributed by atoms with Gasteiger partial charge in [-0.1, -0.05) is 13.8 Å². The summed E-state index contributed by atoms with van der Waals surface area (Å²) in [5.41, 5.74) is -0.392. The number of ether oxygens (including phenoxy) is 1. The Balaban J connectivity index is 3.46. The monoisotopic (exact) mass is 145 g/mol. The van der Waals surface area contributed by atoms with E-state index >= 15 is 0 Å². The van der Waals surface area contributed by atoms with Crippen LogP contribution in [-0.4, -0.2) is 23.9 Å². The van der Waals surface area contributed by atoms with Crippen LogP contribution in [0.3, 0.4) is 0 Å². The molecule has 0 saturated heterocycles. The molecule has 0 saturated carbocycles. The fourth-order valence-corrected chi connectivity index (χ4v) is 0.385. The molecule has 1 N–H and O–H groups in total. The van der Waals surface area contributed by atoms with Gasteiger partial charge in [-0.05, 0) is 19.8 Å². The smallest absolute Gasteiger partial charge is 0.0856 e. The molecule has 0 heterocycles. The summed E-state index contributed by atoms with van der Waals surface area (Å²) in [6.07, 6.45) is 0. The fourth-order valence-electron chi connectivity index (χ4n) is 0.385. The maximum absolute atomic E-state index is 8.77. The summed E-state index contributed by atoms with van der Waals surface area (Å²) < 4.78 is 5.35. The third kappa shape index (κ3) is 4.77. The average Bonchev–Trinajstić information content (AvgIpc) is 1.85. The van der Waals surface area contributed by atoms with Gasteiger partial charge in [0.1, 0.15) is 0 Å². The van der Waals surface area contributed by atoms with E-state index in [-0.39, 0.29) is 6.61 Å². The van der Waals surface area contributed by atoms with E-state index in [1.165, 1.54) is 5.92 Å². The Morgan fingerprint density at radius 2 is 1.90 bits per heavy atom. The minimum absolute atomic E-state index is 0.0697. The van der Waals surface area contributed by atoms with Crippen molar-refractivity contribution in [3.8, 4) is 0 Å². The maximum Gasteiger partial charge on any atom is 0.0856 e. The van der Waals surface area contributed by atoms with Crippen LogP contribution in [0.4, 0.5) is 0 Å². The highest BCUT2D eigenvalue weighted by Gasteiger charge is 2.16. The van der Waals surface area contributed by atoms with E-state index in [2.05, 4.69) is 0 Å². The van der Waals surface area contributed by atoms with Gasteiger partial charge in [-0.25, -0.2) is 0 Å². The average molecular weight is 145 g/mol. The molecule has 0 aromatic carbocycles. The Bertz CT molecular complexity index is 87.3. The van der Waals surface area contributed by atoms with Crippen LogP contribution < -0.4 is 0 Å². The van der Waals surface area contributed by atoms with E-state index in [0.717, 1.165) is 0 Å².